The molecule has 0 saturated carbocycles. The van der Waals surface area contributed by atoms with Crippen molar-refractivity contribution in [1.82, 2.24) is 5.16 Å². The van der Waals surface area contributed by atoms with Gasteiger partial charge in [0.25, 0.3) is 10.0 Å². The summed E-state index contributed by atoms with van der Waals surface area (Å²) < 4.78 is 31.2. The molecule has 0 fully saturated rings. The molecule has 1 aromatic heterocycles. The number of nitrogens with one attached hydrogen (secondary N) is 1. The van der Waals surface area contributed by atoms with Gasteiger partial charge >= 0.3 is 0 Å². The molecule has 17 heavy (non-hydrogen) atoms. The molecule has 90 valence electrons. The van der Waals surface area contributed by atoms with Crippen LogP contribution in [0.25, 0.3) is 0 Å². The second kappa shape index (κ2) is 4.21. The zero-order chi connectivity index (χ0) is 12.5. The first-order valence-corrected chi connectivity index (χ1v) is 6.50. The van der Waals surface area contributed by atoms with Crippen LogP contribution in [0.1, 0.15) is 11.3 Å². The van der Waals surface area contributed by atoms with Crippen LogP contribution in [-0.2, 0) is 10.0 Å². The van der Waals surface area contributed by atoms with E-state index >= 15 is 0 Å². The van der Waals surface area contributed by atoms with Crippen LogP contribution in [0.2, 0.25) is 0 Å². The molecule has 1 aromatic carbocycles. The maximum Gasteiger partial charge on any atom is 0.263 e. The molecule has 0 unspecified atom stereocenters. The van der Waals surface area contributed by atoms with Gasteiger partial charge in [-0.2, -0.15) is 0 Å². The Morgan fingerprint density at radius 2 is 1.82 bits per heavy atom. The van der Waals surface area contributed by atoms with E-state index in [0.29, 0.717) is 11.3 Å². The third-order valence-corrected chi connectivity index (χ3v) is 3.80. The second-order valence-electron chi connectivity index (χ2n) is 3.63. The summed E-state index contributed by atoms with van der Waals surface area (Å²) in [5.41, 5.74) is 0.685. The molecule has 0 atom stereocenters. The number of hydrogen-bond donors (Lipinski definition) is 1. The van der Waals surface area contributed by atoms with E-state index in [1.54, 1.807) is 32.0 Å². The van der Waals surface area contributed by atoms with Crippen LogP contribution >= 0.6 is 0 Å². The first-order chi connectivity index (χ1) is 8.00. The van der Waals surface area contributed by atoms with E-state index in [-0.39, 0.29) is 10.7 Å². The standard InChI is InChI=1S/C11H12N2O3S/c1-8-9(2)16-12-11(8)13-17(14,15)10-6-4-3-5-7-10/h3-7H,1-2H3,(H,12,13). The number of anilines is 1. The minimum Gasteiger partial charge on any atom is -0.359 e. The van der Waals surface area contributed by atoms with Gasteiger partial charge in [-0.15, -0.1) is 0 Å². The summed E-state index contributed by atoms with van der Waals surface area (Å²) in [6, 6.07) is 8.12. The summed E-state index contributed by atoms with van der Waals surface area (Å²) in [5, 5.41) is 3.66. The molecule has 6 heteroatoms. The highest BCUT2D eigenvalue weighted by molar-refractivity contribution is 7.92. The van der Waals surface area contributed by atoms with Crippen molar-refractivity contribution in [3.63, 3.8) is 0 Å². The summed E-state index contributed by atoms with van der Waals surface area (Å²) in [5.74, 6) is 0.821. The van der Waals surface area contributed by atoms with Crippen molar-refractivity contribution in [3.05, 3.63) is 41.7 Å². The number of benzene rings is 1. The summed E-state index contributed by atoms with van der Waals surface area (Å²) >= 11 is 0. The topological polar surface area (TPSA) is 72.2 Å². The van der Waals surface area contributed by atoms with Gasteiger partial charge in [0, 0.05) is 5.56 Å². The Bertz CT molecular complexity index is 617. The van der Waals surface area contributed by atoms with Crippen LogP contribution in [0.15, 0.2) is 39.8 Å². The number of rotatable bonds is 3. The van der Waals surface area contributed by atoms with E-state index in [1.165, 1.54) is 12.1 Å². The Hall–Kier alpha value is -1.82. The van der Waals surface area contributed by atoms with E-state index in [1.807, 2.05) is 0 Å². The fourth-order valence-corrected chi connectivity index (χ4v) is 2.38. The summed E-state index contributed by atoms with van der Waals surface area (Å²) in [6.45, 7) is 3.47. The Morgan fingerprint density at radius 3 is 2.35 bits per heavy atom. The maximum absolute atomic E-state index is 12.0. The molecule has 0 bridgehead atoms. The van der Waals surface area contributed by atoms with E-state index in [9.17, 15) is 8.42 Å². The third-order valence-electron chi connectivity index (χ3n) is 2.44. The molecule has 2 aromatic rings. The highest BCUT2D eigenvalue weighted by Gasteiger charge is 2.17. The van der Waals surface area contributed by atoms with Crippen molar-refractivity contribution in [2.45, 2.75) is 18.7 Å². The molecule has 2 rings (SSSR count). The van der Waals surface area contributed by atoms with Crippen molar-refractivity contribution >= 4 is 15.8 Å². The van der Waals surface area contributed by atoms with E-state index < -0.39 is 10.0 Å². The van der Waals surface area contributed by atoms with Crippen molar-refractivity contribution in [2.24, 2.45) is 0 Å². The van der Waals surface area contributed by atoms with Crippen LogP contribution in [0.5, 0.6) is 0 Å². The lowest BCUT2D eigenvalue weighted by Gasteiger charge is -2.05. The Morgan fingerprint density at radius 1 is 1.18 bits per heavy atom. The quantitative estimate of drug-likeness (QED) is 0.907. The van der Waals surface area contributed by atoms with Gasteiger partial charge < -0.3 is 4.52 Å². The van der Waals surface area contributed by atoms with Crippen LogP contribution in [-0.4, -0.2) is 13.6 Å². The van der Waals surface area contributed by atoms with Gasteiger partial charge in [-0.25, -0.2) is 8.42 Å². The molecule has 0 amide bonds. The minimum absolute atomic E-state index is 0.194. The maximum atomic E-state index is 12.0. The zero-order valence-electron chi connectivity index (χ0n) is 9.47. The van der Waals surface area contributed by atoms with Crippen LogP contribution in [0.4, 0.5) is 5.82 Å². The average molecular weight is 252 g/mol. The van der Waals surface area contributed by atoms with Gasteiger partial charge in [-0.1, -0.05) is 23.4 Å². The molecular formula is C11H12N2O3S. The Labute approximate surface area is 99.5 Å². The second-order valence-corrected chi connectivity index (χ2v) is 5.31. The van der Waals surface area contributed by atoms with Gasteiger partial charge in [0.2, 0.25) is 0 Å². The number of aromatic nitrogens is 1. The monoisotopic (exact) mass is 252 g/mol. The van der Waals surface area contributed by atoms with Crippen LogP contribution < -0.4 is 4.72 Å². The molecule has 0 aliphatic carbocycles. The van der Waals surface area contributed by atoms with Crippen molar-refractivity contribution < 1.29 is 12.9 Å². The molecular weight excluding hydrogens is 240 g/mol. The fourth-order valence-electron chi connectivity index (χ4n) is 1.30. The van der Waals surface area contributed by atoms with E-state index in [2.05, 4.69) is 9.88 Å². The number of sulfonamides is 1. The molecule has 0 spiro atoms. The van der Waals surface area contributed by atoms with Gasteiger partial charge in [0.15, 0.2) is 5.82 Å². The molecule has 1 heterocycles. The SMILES string of the molecule is Cc1onc(NS(=O)(=O)c2ccccc2)c1C. The molecule has 0 aliphatic rings. The first-order valence-electron chi connectivity index (χ1n) is 5.01. The average Bonchev–Trinajstić information content (AvgIpc) is 2.62. The van der Waals surface area contributed by atoms with Crippen molar-refractivity contribution in [2.75, 3.05) is 4.72 Å². The number of nitrogens with zero attached hydrogens (tertiary/aromatic N) is 1. The molecule has 0 radical (unpaired) electrons. The number of hydrogen-bond acceptors (Lipinski definition) is 4. The zero-order valence-corrected chi connectivity index (χ0v) is 10.3. The van der Waals surface area contributed by atoms with E-state index in [0.717, 1.165) is 0 Å². The predicted molar refractivity (Wildman–Crippen MR) is 63.2 cm³/mol. The van der Waals surface area contributed by atoms with Crippen LogP contribution in [0, 0.1) is 13.8 Å². The highest BCUT2D eigenvalue weighted by Crippen LogP contribution is 2.20. The summed E-state index contributed by atoms with van der Waals surface area (Å²) in [6.07, 6.45) is 0. The smallest absolute Gasteiger partial charge is 0.263 e. The number of aryl methyl sites for hydroxylation is 1. The van der Waals surface area contributed by atoms with Crippen LogP contribution in [0.3, 0.4) is 0 Å². The van der Waals surface area contributed by atoms with Gasteiger partial charge in [-0.05, 0) is 26.0 Å². The Balaban J connectivity index is 2.34. The largest absolute Gasteiger partial charge is 0.359 e. The third kappa shape index (κ3) is 2.31. The van der Waals surface area contributed by atoms with Gasteiger partial charge in [0.05, 0.1) is 4.90 Å². The molecule has 5 nitrogen and oxygen atoms in total. The first kappa shape index (κ1) is 11.7. The molecule has 0 saturated heterocycles. The predicted octanol–water partition coefficient (Wildman–Crippen LogP) is 2.09. The lowest BCUT2D eigenvalue weighted by molar-refractivity contribution is 0.399. The lowest BCUT2D eigenvalue weighted by atomic mass is 10.3. The minimum atomic E-state index is -3.59. The summed E-state index contributed by atoms with van der Waals surface area (Å²) in [4.78, 5) is 0.194. The normalized spacial score (nSPS) is 11.4. The van der Waals surface area contributed by atoms with Gasteiger partial charge in [-0.3, -0.25) is 4.72 Å². The van der Waals surface area contributed by atoms with Gasteiger partial charge in [0.1, 0.15) is 5.76 Å². The van der Waals surface area contributed by atoms with E-state index in [4.69, 9.17) is 4.52 Å². The fraction of sp³-hybridized carbons (Fsp3) is 0.182. The molecule has 0 aliphatic heterocycles. The highest BCUT2D eigenvalue weighted by atomic mass is 32.2. The lowest BCUT2D eigenvalue weighted by Crippen LogP contribution is -2.13. The molecule has 1 N–H and O–H groups in total. The Kier molecular flexibility index (Phi) is 2.89. The van der Waals surface area contributed by atoms with Crippen molar-refractivity contribution in [1.29, 1.82) is 0 Å². The summed E-state index contributed by atoms with van der Waals surface area (Å²) in [7, 11) is -3.59. The van der Waals surface area contributed by atoms with Crippen molar-refractivity contribution in [3.8, 4) is 0 Å².